The third-order valence-corrected chi connectivity index (χ3v) is 5.22. The summed E-state index contributed by atoms with van der Waals surface area (Å²) in [4.78, 5) is 17.4. The van der Waals surface area contributed by atoms with Crippen LogP contribution in [-0.4, -0.2) is 27.6 Å². The minimum absolute atomic E-state index is 0.203. The molecule has 0 radical (unpaired) electrons. The van der Waals surface area contributed by atoms with Gasteiger partial charge in [0.25, 0.3) is 11.9 Å². The van der Waals surface area contributed by atoms with Gasteiger partial charge in [-0.3, -0.25) is 10.1 Å². The average molecular weight is 419 g/mol. The molecule has 2 heterocycles. The molecule has 0 aliphatic carbocycles. The molecule has 1 N–H and O–H groups in total. The number of hydrogen-bond donors (Lipinski definition) is 1. The van der Waals surface area contributed by atoms with Crippen LogP contribution in [0.25, 0.3) is 16.2 Å². The SMILES string of the molecule is COc1cccc(C(=O)Nc2nc3scc(-c4cc(Cl)ccc4Cl)n3n2)c1. The third kappa shape index (κ3) is 3.49. The second-order valence-electron chi connectivity index (χ2n) is 5.56. The van der Waals surface area contributed by atoms with Crippen LogP contribution in [0.3, 0.4) is 0 Å². The molecule has 0 saturated carbocycles. The van der Waals surface area contributed by atoms with Gasteiger partial charge in [0.05, 0.1) is 17.8 Å². The van der Waals surface area contributed by atoms with Gasteiger partial charge in [0, 0.05) is 21.5 Å². The molecule has 0 aliphatic heterocycles. The molecular formula is C18H12Cl2N4O2S. The molecule has 0 saturated heterocycles. The van der Waals surface area contributed by atoms with E-state index in [2.05, 4.69) is 15.4 Å². The Morgan fingerprint density at radius 3 is 2.89 bits per heavy atom. The number of benzene rings is 2. The zero-order chi connectivity index (χ0) is 19.0. The van der Waals surface area contributed by atoms with Crippen molar-refractivity contribution in [2.75, 3.05) is 12.4 Å². The smallest absolute Gasteiger partial charge is 0.258 e. The second-order valence-corrected chi connectivity index (χ2v) is 7.24. The number of carbonyl (C=O) groups excluding carboxylic acids is 1. The first-order valence-electron chi connectivity index (χ1n) is 7.80. The fraction of sp³-hybridized carbons (Fsp3) is 0.0556. The number of halogens is 2. The van der Waals surface area contributed by atoms with E-state index in [0.29, 0.717) is 26.3 Å². The van der Waals surface area contributed by atoms with Crippen molar-refractivity contribution >= 4 is 51.4 Å². The first-order chi connectivity index (χ1) is 13.0. The predicted octanol–water partition coefficient (Wildman–Crippen LogP) is 5.03. The van der Waals surface area contributed by atoms with Crippen LogP contribution in [0.2, 0.25) is 10.0 Å². The second kappa shape index (κ2) is 7.19. The molecule has 0 aliphatic rings. The summed E-state index contributed by atoms with van der Waals surface area (Å²) in [6, 6.07) is 12.1. The maximum absolute atomic E-state index is 12.4. The Balaban J connectivity index is 1.65. The summed E-state index contributed by atoms with van der Waals surface area (Å²) in [6.45, 7) is 0. The van der Waals surface area contributed by atoms with E-state index in [1.807, 2.05) is 5.38 Å². The Morgan fingerprint density at radius 1 is 1.22 bits per heavy atom. The van der Waals surface area contributed by atoms with Gasteiger partial charge in [-0.15, -0.1) is 16.4 Å². The van der Waals surface area contributed by atoms with Crippen LogP contribution in [0, 0.1) is 0 Å². The van der Waals surface area contributed by atoms with Crippen LogP contribution in [0.5, 0.6) is 5.75 Å². The molecule has 0 unspecified atom stereocenters. The van der Waals surface area contributed by atoms with Crippen molar-refractivity contribution in [2.24, 2.45) is 0 Å². The largest absolute Gasteiger partial charge is 0.497 e. The van der Waals surface area contributed by atoms with Crippen molar-refractivity contribution in [1.82, 2.24) is 14.6 Å². The first-order valence-corrected chi connectivity index (χ1v) is 9.44. The molecule has 136 valence electrons. The number of nitrogens with one attached hydrogen (secondary N) is 1. The van der Waals surface area contributed by atoms with Gasteiger partial charge >= 0.3 is 0 Å². The lowest BCUT2D eigenvalue weighted by molar-refractivity contribution is 0.102. The van der Waals surface area contributed by atoms with E-state index in [1.165, 1.54) is 11.3 Å². The molecule has 0 atom stereocenters. The Kier molecular flexibility index (Phi) is 4.73. The minimum Gasteiger partial charge on any atom is -0.497 e. The highest BCUT2D eigenvalue weighted by molar-refractivity contribution is 7.15. The van der Waals surface area contributed by atoms with Crippen LogP contribution in [-0.2, 0) is 0 Å². The van der Waals surface area contributed by atoms with Gasteiger partial charge in [-0.05, 0) is 36.4 Å². The van der Waals surface area contributed by atoms with Gasteiger partial charge in [0.1, 0.15) is 5.75 Å². The summed E-state index contributed by atoms with van der Waals surface area (Å²) in [7, 11) is 1.55. The Hall–Kier alpha value is -2.61. The Bertz CT molecular complexity index is 1160. The summed E-state index contributed by atoms with van der Waals surface area (Å²) >= 11 is 13.8. The number of nitrogens with zero attached hydrogens (tertiary/aromatic N) is 3. The minimum atomic E-state index is -0.325. The molecular weight excluding hydrogens is 407 g/mol. The molecule has 1 amide bonds. The summed E-state index contributed by atoms with van der Waals surface area (Å²) in [5, 5.41) is 10.1. The lowest BCUT2D eigenvalue weighted by Crippen LogP contribution is -2.13. The predicted molar refractivity (Wildman–Crippen MR) is 107 cm³/mol. The summed E-state index contributed by atoms with van der Waals surface area (Å²) < 4.78 is 6.77. The molecule has 27 heavy (non-hydrogen) atoms. The van der Waals surface area contributed by atoms with Crippen LogP contribution in [0.1, 0.15) is 10.4 Å². The molecule has 0 fully saturated rings. The van der Waals surface area contributed by atoms with Crippen LogP contribution in [0.4, 0.5) is 5.95 Å². The van der Waals surface area contributed by atoms with Crippen molar-refractivity contribution < 1.29 is 9.53 Å². The lowest BCUT2D eigenvalue weighted by atomic mass is 10.2. The monoisotopic (exact) mass is 418 g/mol. The van der Waals surface area contributed by atoms with E-state index in [4.69, 9.17) is 27.9 Å². The molecule has 0 bridgehead atoms. The number of fused-ring (bicyclic) bond motifs is 1. The number of anilines is 1. The van der Waals surface area contributed by atoms with E-state index in [-0.39, 0.29) is 11.9 Å². The van der Waals surface area contributed by atoms with E-state index in [9.17, 15) is 4.79 Å². The third-order valence-electron chi connectivity index (χ3n) is 3.84. The van der Waals surface area contributed by atoms with Gasteiger partial charge in [0.2, 0.25) is 4.96 Å². The van der Waals surface area contributed by atoms with Crippen LogP contribution in [0.15, 0.2) is 47.8 Å². The molecule has 0 spiro atoms. The van der Waals surface area contributed by atoms with Gasteiger partial charge in [-0.2, -0.15) is 4.98 Å². The maximum atomic E-state index is 12.4. The Labute approximate surface area is 168 Å². The number of rotatable bonds is 4. The van der Waals surface area contributed by atoms with E-state index < -0.39 is 0 Å². The molecule has 2 aromatic heterocycles. The van der Waals surface area contributed by atoms with Crippen LogP contribution < -0.4 is 10.1 Å². The zero-order valence-corrected chi connectivity index (χ0v) is 16.3. The van der Waals surface area contributed by atoms with Crippen molar-refractivity contribution in [2.45, 2.75) is 0 Å². The molecule has 2 aromatic carbocycles. The lowest BCUT2D eigenvalue weighted by Gasteiger charge is -2.04. The first kappa shape index (κ1) is 17.8. The van der Waals surface area contributed by atoms with Gasteiger partial charge < -0.3 is 4.74 Å². The fourth-order valence-corrected chi connectivity index (χ4v) is 3.76. The topological polar surface area (TPSA) is 68.5 Å². The van der Waals surface area contributed by atoms with E-state index >= 15 is 0 Å². The number of carbonyl (C=O) groups is 1. The number of thiazole rings is 1. The molecule has 9 heteroatoms. The van der Waals surface area contributed by atoms with Crippen molar-refractivity contribution in [1.29, 1.82) is 0 Å². The highest BCUT2D eigenvalue weighted by Crippen LogP contribution is 2.33. The fourth-order valence-electron chi connectivity index (χ4n) is 2.55. The van der Waals surface area contributed by atoms with Crippen molar-refractivity contribution in [3.05, 3.63) is 63.5 Å². The molecule has 6 nitrogen and oxygen atoms in total. The maximum Gasteiger partial charge on any atom is 0.258 e. The Morgan fingerprint density at radius 2 is 2.07 bits per heavy atom. The van der Waals surface area contributed by atoms with Crippen LogP contribution >= 0.6 is 34.5 Å². The summed E-state index contributed by atoms with van der Waals surface area (Å²) in [6.07, 6.45) is 0. The number of hydrogen-bond acceptors (Lipinski definition) is 5. The summed E-state index contributed by atoms with van der Waals surface area (Å²) in [5.74, 6) is 0.475. The van der Waals surface area contributed by atoms with E-state index in [1.54, 1.807) is 54.1 Å². The average Bonchev–Trinajstić information content (AvgIpc) is 3.24. The standard InChI is InChI=1S/C18H12Cl2N4O2S/c1-26-12-4-2-3-10(7-12)16(25)21-17-22-18-24(23-17)15(9-27-18)13-8-11(19)5-6-14(13)20/h2-9H,1H3,(H,21,23,25). The highest BCUT2D eigenvalue weighted by Gasteiger charge is 2.16. The summed E-state index contributed by atoms with van der Waals surface area (Å²) in [5.41, 5.74) is 1.94. The normalized spacial score (nSPS) is 10.9. The number of aromatic nitrogens is 3. The molecule has 4 aromatic rings. The number of amides is 1. The van der Waals surface area contributed by atoms with Gasteiger partial charge in [-0.25, -0.2) is 4.52 Å². The van der Waals surface area contributed by atoms with Crippen molar-refractivity contribution in [3.8, 4) is 17.0 Å². The van der Waals surface area contributed by atoms with Gasteiger partial charge in [-0.1, -0.05) is 29.3 Å². The van der Waals surface area contributed by atoms with Gasteiger partial charge in [0.15, 0.2) is 0 Å². The quantitative estimate of drug-likeness (QED) is 0.504. The van der Waals surface area contributed by atoms with E-state index in [0.717, 1.165) is 11.3 Å². The molecule has 4 rings (SSSR count). The van der Waals surface area contributed by atoms with Crippen molar-refractivity contribution in [3.63, 3.8) is 0 Å². The highest BCUT2D eigenvalue weighted by atomic mass is 35.5. The number of methoxy groups -OCH3 is 1. The number of ether oxygens (including phenoxy) is 1. The zero-order valence-electron chi connectivity index (χ0n) is 13.9.